The highest BCUT2D eigenvalue weighted by atomic mass is 35.5. The summed E-state index contributed by atoms with van der Waals surface area (Å²) in [5.41, 5.74) is -1.33. The number of aliphatic carboxylic acids is 1. The lowest BCUT2D eigenvalue weighted by molar-refractivity contribution is -0.158. The molecule has 0 amide bonds. The van der Waals surface area contributed by atoms with Crippen LogP contribution in [0.3, 0.4) is 0 Å². The lowest BCUT2D eigenvalue weighted by Gasteiger charge is -2.31. The largest absolute Gasteiger partial charge is 0.485 e. The fraction of sp³-hybridized carbons (Fsp3) is 0.300. The Morgan fingerprint density at radius 2 is 2.19 bits per heavy atom. The summed E-state index contributed by atoms with van der Waals surface area (Å²) in [6, 6.07) is 4.81. The Hall–Kier alpha value is -1.13. The molecule has 1 aliphatic heterocycles. The Balaban J connectivity index is 0.00000128. The van der Waals surface area contributed by atoms with Gasteiger partial charge in [-0.15, -0.1) is 12.4 Å². The quantitative estimate of drug-likeness (QED) is 0.846. The van der Waals surface area contributed by atoms with E-state index >= 15 is 0 Å². The fourth-order valence-corrected chi connectivity index (χ4v) is 1.43. The average Bonchev–Trinajstić information content (AvgIpc) is 2.18. The van der Waals surface area contributed by atoms with Crippen LogP contribution in [0.15, 0.2) is 18.2 Å². The molecule has 0 saturated heterocycles. The third-order valence-corrected chi connectivity index (χ3v) is 2.43. The highest BCUT2D eigenvalue weighted by molar-refractivity contribution is 6.30. The van der Waals surface area contributed by atoms with Crippen LogP contribution in [0.1, 0.15) is 6.92 Å². The lowest BCUT2D eigenvalue weighted by atomic mass is 10.1. The summed E-state index contributed by atoms with van der Waals surface area (Å²) in [6.07, 6.45) is 0. The summed E-state index contributed by atoms with van der Waals surface area (Å²) in [5, 5.41) is 9.47. The van der Waals surface area contributed by atoms with Gasteiger partial charge in [-0.3, -0.25) is 0 Å². The van der Waals surface area contributed by atoms with Crippen molar-refractivity contribution >= 4 is 30.0 Å². The number of carbonyl (C=O) groups is 1. The predicted octanol–water partition coefficient (Wildman–Crippen LogP) is 2.38. The summed E-state index contributed by atoms with van der Waals surface area (Å²) in [4.78, 5) is 10.9. The van der Waals surface area contributed by atoms with Crippen LogP contribution in [0.25, 0.3) is 0 Å². The molecule has 16 heavy (non-hydrogen) atoms. The van der Waals surface area contributed by atoms with Crippen molar-refractivity contribution in [1.29, 1.82) is 0 Å². The van der Waals surface area contributed by atoms with E-state index in [4.69, 9.17) is 26.2 Å². The molecule has 0 aliphatic carbocycles. The lowest BCUT2D eigenvalue weighted by Crippen LogP contribution is -2.49. The first-order valence-electron chi connectivity index (χ1n) is 4.36. The van der Waals surface area contributed by atoms with Gasteiger partial charge in [0.2, 0.25) is 5.60 Å². The molecule has 2 rings (SSSR count). The molecule has 1 aromatic carbocycles. The van der Waals surface area contributed by atoms with Crippen LogP contribution in [0.5, 0.6) is 11.5 Å². The maximum Gasteiger partial charge on any atom is 0.351 e. The summed E-state index contributed by atoms with van der Waals surface area (Å²) in [7, 11) is 0. The Morgan fingerprint density at radius 1 is 1.50 bits per heavy atom. The Kier molecular flexibility index (Phi) is 3.55. The van der Waals surface area contributed by atoms with E-state index < -0.39 is 11.6 Å². The zero-order valence-electron chi connectivity index (χ0n) is 8.40. The van der Waals surface area contributed by atoms with Crippen LogP contribution < -0.4 is 9.47 Å². The number of ether oxygens (including phenoxy) is 2. The van der Waals surface area contributed by atoms with Crippen molar-refractivity contribution in [2.45, 2.75) is 12.5 Å². The van der Waals surface area contributed by atoms with Crippen LogP contribution in [0.4, 0.5) is 0 Å². The van der Waals surface area contributed by atoms with Crippen LogP contribution in [0.2, 0.25) is 5.02 Å². The smallest absolute Gasteiger partial charge is 0.351 e. The second kappa shape index (κ2) is 4.39. The topological polar surface area (TPSA) is 55.8 Å². The molecule has 1 heterocycles. The van der Waals surface area contributed by atoms with E-state index in [0.29, 0.717) is 16.5 Å². The van der Waals surface area contributed by atoms with Gasteiger partial charge in [-0.2, -0.15) is 0 Å². The highest BCUT2D eigenvalue weighted by Gasteiger charge is 2.40. The van der Waals surface area contributed by atoms with E-state index in [1.165, 1.54) is 6.92 Å². The van der Waals surface area contributed by atoms with E-state index in [9.17, 15) is 4.79 Å². The van der Waals surface area contributed by atoms with E-state index in [1.54, 1.807) is 18.2 Å². The summed E-state index contributed by atoms with van der Waals surface area (Å²) >= 11 is 5.76. The molecule has 0 bridgehead atoms. The number of halogens is 2. The molecule has 88 valence electrons. The van der Waals surface area contributed by atoms with Gasteiger partial charge in [0.05, 0.1) is 0 Å². The predicted molar refractivity (Wildman–Crippen MR) is 60.9 cm³/mol. The number of hydrogen-bond acceptors (Lipinski definition) is 3. The summed E-state index contributed by atoms with van der Waals surface area (Å²) in [5.74, 6) is -0.181. The SMILES string of the molecule is CC1(C(=O)O)COc2cc(Cl)ccc2O1.Cl. The number of benzene rings is 1. The molecule has 0 saturated carbocycles. The first-order valence-corrected chi connectivity index (χ1v) is 4.74. The standard InChI is InChI=1S/C10H9ClO4.ClH/c1-10(9(12)13)5-14-8-4-6(11)2-3-7(8)15-10;/h2-4H,5H2,1H3,(H,12,13);1H. The van der Waals surface area contributed by atoms with E-state index in [0.717, 1.165) is 0 Å². The zero-order chi connectivity index (χ0) is 11.1. The number of hydrogen-bond donors (Lipinski definition) is 1. The molecule has 0 fully saturated rings. The van der Waals surface area contributed by atoms with Gasteiger partial charge in [-0.05, 0) is 19.1 Å². The molecule has 1 atom stereocenters. The van der Waals surface area contributed by atoms with Crippen molar-refractivity contribution in [1.82, 2.24) is 0 Å². The molecule has 6 heteroatoms. The molecule has 1 aliphatic rings. The van der Waals surface area contributed by atoms with E-state index in [2.05, 4.69) is 0 Å². The summed E-state index contributed by atoms with van der Waals surface area (Å²) in [6.45, 7) is 1.43. The molecule has 0 spiro atoms. The number of fused-ring (bicyclic) bond motifs is 1. The molecule has 1 aromatic rings. The fourth-order valence-electron chi connectivity index (χ4n) is 1.27. The Bertz CT molecular complexity index is 421. The molecule has 1 N–H and O–H groups in total. The van der Waals surface area contributed by atoms with Crippen molar-refractivity contribution in [3.05, 3.63) is 23.2 Å². The van der Waals surface area contributed by atoms with Gasteiger partial charge in [0.15, 0.2) is 11.5 Å². The van der Waals surface area contributed by atoms with Gasteiger partial charge in [0.1, 0.15) is 6.61 Å². The van der Waals surface area contributed by atoms with E-state index in [-0.39, 0.29) is 19.0 Å². The maximum atomic E-state index is 10.9. The van der Waals surface area contributed by atoms with Gasteiger partial charge in [-0.1, -0.05) is 11.6 Å². The third kappa shape index (κ3) is 2.18. The number of carboxylic acid groups (broad SMARTS) is 1. The third-order valence-electron chi connectivity index (χ3n) is 2.20. The minimum Gasteiger partial charge on any atom is -0.485 e. The highest BCUT2D eigenvalue weighted by Crippen LogP contribution is 2.37. The Morgan fingerprint density at radius 3 is 2.81 bits per heavy atom. The van der Waals surface area contributed by atoms with Gasteiger partial charge in [-0.25, -0.2) is 4.79 Å². The molecular formula is C10H10Cl2O4. The van der Waals surface area contributed by atoms with Crippen molar-refractivity contribution in [3.63, 3.8) is 0 Å². The van der Waals surface area contributed by atoms with Gasteiger partial charge in [0.25, 0.3) is 0 Å². The number of rotatable bonds is 1. The first-order chi connectivity index (χ1) is 7.01. The van der Waals surface area contributed by atoms with Crippen molar-refractivity contribution in [2.24, 2.45) is 0 Å². The van der Waals surface area contributed by atoms with Crippen molar-refractivity contribution in [3.8, 4) is 11.5 Å². The van der Waals surface area contributed by atoms with Gasteiger partial charge in [0, 0.05) is 11.1 Å². The summed E-state index contributed by atoms with van der Waals surface area (Å²) < 4.78 is 10.6. The van der Waals surface area contributed by atoms with Crippen LogP contribution in [-0.4, -0.2) is 23.3 Å². The maximum absolute atomic E-state index is 10.9. The molecular weight excluding hydrogens is 255 g/mol. The second-order valence-electron chi connectivity index (χ2n) is 3.52. The normalized spacial score (nSPS) is 22.1. The average molecular weight is 265 g/mol. The second-order valence-corrected chi connectivity index (χ2v) is 3.95. The minimum atomic E-state index is -1.33. The molecule has 0 radical (unpaired) electrons. The molecule has 4 nitrogen and oxygen atoms in total. The molecule has 0 aromatic heterocycles. The van der Waals surface area contributed by atoms with Gasteiger partial charge >= 0.3 is 5.97 Å². The van der Waals surface area contributed by atoms with Crippen LogP contribution in [0, 0.1) is 0 Å². The monoisotopic (exact) mass is 264 g/mol. The minimum absolute atomic E-state index is 0. The first kappa shape index (κ1) is 12.9. The zero-order valence-corrected chi connectivity index (χ0v) is 9.97. The van der Waals surface area contributed by atoms with Crippen molar-refractivity contribution < 1.29 is 19.4 Å². The molecule has 1 unspecified atom stereocenters. The number of carboxylic acids is 1. The van der Waals surface area contributed by atoms with Gasteiger partial charge < -0.3 is 14.6 Å². The Labute approximate surface area is 104 Å². The van der Waals surface area contributed by atoms with E-state index in [1.807, 2.05) is 0 Å². The van der Waals surface area contributed by atoms with Crippen LogP contribution in [-0.2, 0) is 4.79 Å². The van der Waals surface area contributed by atoms with Crippen LogP contribution >= 0.6 is 24.0 Å². The van der Waals surface area contributed by atoms with Crippen molar-refractivity contribution in [2.75, 3.05) is 6.61 Å².